The number of hydrogen-bond acceptors (Lipinski definition) is 4. The van der Waals surface area contributed by atoms with Crippen LogP contribution < -0.4 is 14.9 Å². The van der Waals surface area contributed by atoms with E-state index in [9.17, 15) is 0 Å². The Morgan fingerprint density at radius 2 is 1.75 bits per heavy atom. The first kappa shape index (κ1) is 13.9. The fraction of sp³-hybridized carbons (Fsp3) is 0.188. The Kier molecular flexibility index (Phi) is 4.60. The van der Waals surface area contributed by atoms with Crippen molar-refractivity contribution in [3.8, 4) is 11.5 Å². The Labute approximate surface area is 119 Å². The summed E-state index contributed by atoms with van der Waals surface area (Å²) in [7, 11) is 3.26. The first-order valence-electron chi connectivity index (χ1n) is 6.30. The maximum atomic E-state index is 5.29. The lowest BCUT2D eigenvalue weighted by molar-refractivity contribution is 0.402. The van der Waals surface area contributed by atoms with Crippen LogP contribution in [-0.4, -0.2) is 20.4 Å². The number of anilines is 1. The van der Waals surface area contributed by atoms with E-state index in [0.717, 1.165) is 22.7 Å². The fourth-order valence-corrected chi connectivity index (χ4v) is 1.74. The zero-order valence-corrected chi connectivity index (χ0v) is 11.9. The van der Waals surface area contributed by atoms with Crippen molar-refractivity contribution in [2.75, 3.05) is 19.6 Å². The average molecular weight is 270 g/mol. The smallest absolute Gasteiger partial charge is 0.127 e. The molecule has 0 unspecified atom stereocenters. The number of benzene rings is 2. The minimum Gasteiger partial charge on any atom is -0.497 e. The molecule has 1 N–H and O–H groups in total. The van der Waals surface area contributed by atoms with E-state index < -0.39 is 0 Å². The SMILES string of the molecule is COc1ccc(OC)c(/C=N/Nc2ccc(C)cc2)c1. The molecule has 20 heavy (non-hydrogen) atoms. The van der Waals surface area contributed by atoms with E-state index in [1.165, 1.54) is 5.56 Å². The normalized spacial score (nSPS) is 10.6. The Morgan fingerprint density at radius 1 is 1.00 bits per heavy atom. The van der Waals surface area contributed by atoms with Gasteiger partial charge in [-0.15, -0.1) is 0 Å². The fourth-order valence-electron chi connectivity index (χ4n) is 1.74. The summed E-state index contributed by atoms with van der Waals surface area (Å²) in [6, 6.07) is 13.6. The van der Waals surface area contributed by atoms with Gasteiger partial charge < -0.3 is 9.47 Å². The van der Waals surface area contributed by atoms with Crippen LogP contribution in [-0.2, 0) is 0 Å². The number of rotatable bonds is 5. The predicted octanol–water partition coefficient (Wildman–Crippen LogP) is 3.46. The van der Waals surface area contributed by atoms with E-state index in [2.05, 4.69) is 10.5 Å². The van der Waals surface area contributed by atoms with Gasteiger partial charge in [-0.1, -0.05) is 17.7 Å². The van der Waals surface area contributed by atoms with Crippen LogP contribution in [0.4, 0.5) is 5.69 Å². The summed E-state index contributed by atoms with van der Waals surface area (Å²) in [5, 5.41) is 4.21. The summed E-state index contributed by atoms with van der Waals surface area (Å²) in [4.78, 5) is 0. The molecule has 4 nitrogen and oxygen atoms in total. The number of nitrogens with zero attached hydrogens (tertiary/aromatic N) is 1. The van der Waals surface area contributed by atoms with Crippen molar-refractivity contribution in [2.45, 2.75) is 6.92 Å². The van der Waals surface area contributed by atoms with Gasteiger partial charge in [-0.3, -0.25) is 5.43 Å². The van der Waals surface area contributed by atoms with Gasteiger partial charge >= 0.3 is 0 Å². The summed E-state index contributed by atoms with van der Waals surface area (Å²) in [5.41, 5.74) is 5.99. The summed E-state index contributed by atoms with van der Waals surface area (Å²) >= 11 is 0. The Bertz CT molecular complexity index is 592. The molecule has 2 aromatic carbocycles. The maximum Gasteiger partial charge on any atom is 0.127 e. The molecule has 0 aliphatic heterocycles. The third-order valence-corrected chi connectivity index (χ3v) is 2.89. The summed E-state index contributed by atoms with van der Waals surface area (Å²) in [5.74, 6) is 1.52. The molecule has 104 valence electrons. The monoisotopic (exact) mass is 270 g/mol. The largest absolute Gasteiger partial charge is 0.497 e. The second-order valence-electron chi connectivity index (χ2n) is 4.34. The average Bonchev–Trinajstić information content (AvgIpc) is 2.49. The van der Waals surface area contributed by atoms with E-state index in [1.54, 1.807) is 20.4 Å². The Hall–Kier alpha value is -2.49. The van der Waals surface area contributed by atoms with Gasteiger partial charge in [0.1, 0.15) is 11.5 Å². The van der Waals surface area contributed by atoms with Crippen LogP contribution in [0.5, 0.6) is 11.5 Å². The summed E-state index contributed by atoms with van der Waals surface area (Å²) < 4.78 is 10.5. The Balaban J connectivity index is 2.12. The van der Waals surface area contributed by atoms with Crippen LogP contribution in [0.3, 0.4) is 0 Å². The van der Waals surface area contributed by atoms with Crippen molar-refractivity contribution < 1.29 is 9.47 Å². The van der Waals surface area contributed by atoms with Gasteiger partial charge in [-0.25, -0.2) is 0 Å². The predicted molar refractivity (Wildman–Crippen MR) is 81.9 cm³/mol. The highest BCUT2D eigenvalue weighted by atomic mass is 16.5. The first-order valence-corrected chi connectivity index (χ1v) is 6.30. The Morgan fingerprint density at radius 3 is 2.40 bits per heavy atom. The number of aryl methyl sites for hydroxylation is 1. The third kappa shape index (κ3) is 3.51. The van der Waals surface area contributed by atoms with Crippen LogP contribution in [0.25, 0.3) is 0 Å². The molecule has 0 bridgehead atoms. The van der Waals surface area contributed by atoms with Crippen molar-refractivity contribution in [3.63, 3.8) is 0 Å². The molecule has 0 aliphatic carbocycles. The molecule has 0 aliphatic rings. The zero-order valence-electron chi connectivity index (χ0n) is 11.9. The minimum absolute atomic E-state index is 0.750. The van der Waals surface area contributed by atoms with Crippen molar-refractivity contribution in [1.82, 2.24) is 0 Å². The molecule has 0 atom stereocenters. The number of methoxy groups -OCH3 is 2. The molecule has 0 fully saturated rings. The highest BCUT2D eigenvalue weighted by Gasteiger charge is 2.02. The van der Waals surface area contributed by atoms with Crippen molar-refractivity contribution in [1.29, 1.82) is 0 Å². The van der Waals surface area contributed by atoms with Crippen LogP contribution in [0, 0.1) is 6.92 Å². The first-order chi connectivity index (χ1) is 9.72. The van der Waals surface area contributed by atoms with E-state index in [-0.39, 0.29) is 0 Å². The van der Waals surface area contributed by atoms with Gasteiger partial charge in [-0.05, 0) is 37.3 Å². The number of ether oxygens (including phenoxy) is 2. The number of nitrogens with one attached hydrogen (secondary N) is 1. The molecule has 0 aromatic heterocycles. The topological polar surface area (TPSA) is 42.9 Å². The molecule has 0 saturated heterocycles. The molecule has 0 heterocycles. The number of hydrazone groups is 1. The molecule has 2 aromatic rings. The third-order valence-electron chi connectivity index (χ3n) is 2.89. The maximum absolute atomic E-state index is 5.29. The molecule has 0 amide bonds. The van der Waals surface area contributed by atoms with E-state index in [1.807, 2.05) is 49.4 Å². The molecule has 2 rings (SSSR count). The van der Waals surface area contributed by atoms with Gasteiger partial charge in [0.2, 0.25) is 0 Å². The van der Waals surface area contributed by atoms with E-state index >= 15 is 0 Å². The van der Waals surface area contributed by atoms with Crippen molar-refractivity contribution in [3.05, 3.63) is 53.6 Å². The molecule has 0 radical (unpaired) electrons. The molecular weight excluding hydrogens is 252 g/mol. The summed E-state index contributed by atoms with van der Waals surface area (Å²) in [6.45, 7) is 2.05. The van der Waals surface area contributed by atoms with E-state index in [4.69, 9.17) is 9.47 Å². The second-order valence-corrected chi connectivity index (χ2v) is 4.34. The standard InChI is InChI=1S/C16H18N2O2/c1-12-4-6-14(7-5-12)18-17-11-13-10-15(19-2)8-9-16(13)20-3/h4-11,18H,1-3H3/b17-11+. The van der Waals surface area contributed by atoms with Gasteiger partial charge in [0.05, 0.1) is 26.1 Å². The van der Waals surface area contributed by atoms with Gasteiger partial charge in [0.15, 0.2) is 0 Å². The highest BCUT2D eigenvalue weighted by molar-refractivity contribution is 5.84. The lowest BCUT2D eigenvalue weighted by Gasteiger charge is -2.07. The van der Waals surface area contributed by atoms with Crippen LogP contribution in [0.15, 0.2) is 47.6 Å². The van der Waals surface area contributed by atoms with Crippen LogP contribution in [0.2, 0.25) is 0 Å². The number of hydrogen-bond donors (Lipinski definition) is 1. The van der Waals surface area contributed by atoms with Crippen molar-refractivity contribution >= 4 is 11.9 Å². The lowest BCUT2D eigenvalue weighted by atomic mass is 10.2. The van der Waals surface area contributed by atoms with E-state index in [0.29, 0.717) is 0 Å². The zero-order chi connectivity index (χ0) is 14.4. The minimum atomic E-state index is 0.750. The summed E-state index contributed by atoms with van der Waals surface area (Å²) in [6.07, 6.45) is 1.71. The van der Waals surface area contributed by atoms with Crippen LogP contribution >= 0.6 is 0 Å². The van der Waals surface area contributed by atoms with Crippen molar-refractivity contribution in [2.24, 2.45) is 5.10 Å². The molecule has 4 heteroatoms. The van der Waals surface area contributed by atoms with Gasteiger partial charge in [0, 0.05) is 5.56 Å². The van der Waals surface area contributed by atoms with Crippen LogP contribution in [0.1, 0.15) is 11.1 Å². The quantitative estimate of drug-likeness (QED) is 0.668. The van der Waals surface area contributed by atoms with Gasteiger partial charge in [0.25, 0.3) is 0 Å². The molecule has 0 saturated carbocycles. The molecule has 0 spiro atoms. The second kappa shape index (κ2) is 6.61. The van der Waals surface area contributed by atoms with Gasteiger partial charge in [-0.2, -0.15) is 5.10 Å². The lowest BCUT2D eigenvalue weighted by Crippen LogP contribution is -1.95. The highest BCUT2D eigenvalue weighted by Crippen LogP contribution is 2.22. The molecular formula is C16H18N2O2.